The monoisotopic (exact) mass is 365 g/mol. The second-order valence-corrected chi connectivity index (χ2v) is 6.08. The Kier molecular flexibility index (Phi) is 3.51. The van der Waals surface area contributed by atoms with Crippen LogP contribution in [-0.2, 0) is 9.05 Å². The molecule has 0 fully saturated rings. The number of hydrogen-bond donors (Lipinski definition) is 0. The van der Waals surface area contributed by atoms with Crippen molar-refractivity contribution in [3.8, 4) is 0 Å². The van der Waals surface area contributed by atoms with Gasteiger partial charge in [0.25, 0.3) is 14.7 Å². The van der Waals surface area contributed by atoms with Gasteiger partial charge >= 0.3 is 0 Å². The molecule has 0 spiro atoms. The molecule has 82 valence electrons. The van der Waals surface area contributed by atoms with Crippen LogP contribution in [0.15, 0.2) is 17.0 Å². The molecule has 0 unspecified atom stereocenters. The summed E-state index contributed by atoms with van der Waals surface area (Å²) in [6.07, 6.45) is 0. The topological polar surface area (TPSA) is 77.3 Å². The minimum Gasteiger partial charge on any atom is -0.258 e. The number of halogens is 3. The van der Waals surface area contributed by atoms with Gasteiger partial charge in [0.2, 0.25) is 0 Å². The van der Waals surface area contributed by atoms with Gasteiger partial charge in [-0.05, 0) is 28.7 Å². The molecule has 0 aromatic heterocycles. The van der Waals surface area contributed by atoms with Crippen molar-refractivity contribution < 1.29 is 17.7 Å². The van der Waals surface area contributed by atoms with Crippen LogP contribution in [-0.4, -0.2) is 13.3 Å². The Morgan fingerprint density at radius 2 is 2.00 bits per heavy atom. The average Bonchev–Trinajstić information content (AvgIpc) is 2.06. The van der Waals surface area contributed by atoms with E-state index in [0.29, 0.717) is 12.1 Å². The van der Waals surface area contributed by atoms with Crippen LogP contribution in [0, 0.1) is 19.5 Å². The van der Waals surface area contributed by atoms with E-state index in [1.54, 1.807) is 0 Å². The highest BCUT2D eigenvalue weighted by Gasteiger charge is 2.22. The van der Waals surface area contributed by atoms with Crippen molar-refractivity contribution in [2.24, 2.45) is 0 Å². The van der Waals surface area contributed by atoms with Gasteiger partial charge in [-0.15, -0.1) is 0 Å². The summed E-state index contributed by atoms with van der Waals surface area (Å²) in [7, 11) is 0.766. The molecule has 9 heteroatoms. The summed E-state index contributed by atoms with van der Waals surface area (Å²) in [5.74, 6) is -0.996. The molecule has 0 aliphatic carbocycles. The zero-order chi connectivity index (χ0) is 11.8. The van der Waals surface area contributed by atoms with Crippen LogP contribution in [0.2, 0.25) is 0 Å². The van der Waals surface area contributed by atoms with Crippen molar-refractivity contribution >= 4 is 48.0 Å². The standard InChI is InChI=1S/C6H2ClFINO4S/c7-15(13,14)3-1-4(8)6(9)5(2-3)10(11)12/h1-2H. The van der Waals surface area contributed by atoms with E-state index in [-0.39, 0.29) is 3.57 Å². The smallest absolute Gasteiger partial charge is 0.258 e. The second-order valence-electron chi connectivity index (χ2n) is 2.43. The van der Waals surface area contributed by atoms with Crippen LogP contribution in [0.5, 0.6) is 0 Å². The van der Waals surface area contributed by atoms with Crippen LogP contribution in [0.1, 0.15) is 0 Å². The second kappa shape index (κ2) is 4.18. The van der Waals surface area contributed by atoms with Crippen molar-refractivity contribution in [2.45, 2.75) is 4.90 Å². The highest BCUT2D eigenvalue weighted by atomic mass is 127. The molecular weight excluding hydrogens is 363 g/mol. The molecule has 0 N–H and O–H groups in total. The lowest BCUT2D eigenvalue weighted by molar-refractivity contribution is -0.386. The van der Waals surface area contributed by atoms with E-state index in [4.69, 9.17) is 10.7 Å². The SMILES string of the molecule is O=[N+]([O-])c1cc(S(=O)(=O)Cl)cc(F)c1I. The van der Waals surface area contributed by atoms with E-state index in [2.05, 4.69) is 0 Å². The maximum atomic E-state index is 13.1. The molecule has 15 heavy (non-hydrogen) atoms. The number of rotatable bonds is 2. The highest BCUT2D eigenvalue weighted by Crippen LogP contribution is 2.28. The van der Waals surface area contributed by atoms with Crippen LogP contribution in [0.25, 0.3) is 0 Å². The predicted molar refractivity (Wildman–Crippen MR) is 58.8 cm³/mol. The molecule has 0 saturated heterocycles. The van der Waals surface area contributed by atoms with E-state index >= 15 is 0 Å². The minimum absolute atomic E-state index is 0.262. The van der Waals surface area contributed by atoms with Gasteiger partial charge in [-0.1, -0.05) is 0 Å². The molecular formula is C6H2ClFINO4S. The molecule has 0 heterocycles. The van der Waals surface area contributed by atoms with Gasteiger partial charge in [0.05, 0.1) is 9.82 Å². The number of hydrogen-bond acceptors (Lipinski definition) is 4. The first-order chi connectivity index (χ1) is 6.73. The summed E-state index contributed by atoms with van der Waals surface area (Å²) >= 11 is 1.41. The summed E-state index contributed by atoms with van der Waals surface area (Å²) in [5.41, 5.74) is -0.630. The summed E-state index contributed by atoms with van der Waals surface area (Å²) in [6.45, 7) is 0. The van der Waals surface area contributed by atoms with Crippen molar-refractivity contribution in [1.29, 1.82) is 0 Å². The molecule has 0 aliphatic rings. The third-order valence-electron chi connectivity index (χ3n) is 1.46. The fraction of sp³-hybridized carbons (Fsp3) is 0. The highest BCUT2D eigenvalue weighted by molar-refractivity contribution is 14.1. The molecule has 0 aliphatic heterocycles. The zero-order valence-electron chi connectivity index (χ0n) is 6.78. The maximum absolute atomic E-state index is 13.1. The van der Waals surface area contributed by atoms with Gasteiger partial charge < -0.3 is 0 Å². The predicted octanol–water partition coefficient (Wildman–Crippen LogP) is 2.27. The molecule has 0 atom stereocenters. The van der Waals surface area contributed by atoms with Crippen LogP contribution >= 0.6 is 33.3 Å². The molecule has 5 nitrogen and oxygen atoms in total. The van der Waals surface area contributed by atoms with Crippen LogP contribution < -0.4 is 0 Å². The van der Waals surface area contributed by atoms with Crippen molar-refractivity contribution in [1.82, 2.24) is 0 Å². The molecule has 0 saturated carbocycles. The van der Waals surface area contributed by atoms with E-state index in [1.165, 1.54) is 22.6 Å². The van der Waals surface area contributed by atoms with E-state index in [9.17, 15) is 22.9 Å². The Hall–Kier alpha value is -0.480. The van der Waals surface area contributed by atoms with Gasteiger partial charge in [0, 0.05) is 16.7 Å². The van der Waals surface area contributed by atoms with Gasteiger partial charge in [0.15, 0.2) is 0 Å². The summed E-state index contributed by atoms with van der Waals surface area (Å²) in [6, 6.07) is 1.35. The molecule has 0 amide bonds. The Balaban J connectivity index is 3.57. The fourth-order valence-electron chi connectivity index (χ4n) is 0.824. The van der Waals surface area contributed by atoms with Crippen molar-refractivity contribution in [3.63, 3.8) is 0 Å². The Morgan fingerprint density at radius 1 is 1.47 bits per heavy atom. The quantitative estimate of drug-likeness (QED) is 0.349. The van der Waals surface area contributed by atoms with E-state index in [0.717, 1.165) is 0 Å². The molecule has 0 bridgehead atoms. The summed E-state index contributed by atoms with van der Waals surface area (Å²) in [5, 5.41) is 10.4. The first-order valence-electron chi connectivity index (χ1n) is 3.31. The van der Waals surface area contributed by atoms with Gasteiger partial charge in [-0.3, -0.25) is 10.1 Å². The molecule has 1 aromatic carbocycles. The average molecular weight is 366 g/mol. The lowest BCUT2D eigenvalue weighted by Crippen LogP contribution is -1.99. The molecule has 1 rings (SSSR count). The van der Waals surface area contributed by atoms with Crippen molar-refractivity contribution in [3.05, 3.63) is 31.6 Å². The van der Waals surface area contributed by atoms with Crippen LogP contribution in [0.3, 0.4) is 0 Å². The van der Waals surface area contributed by atoms with Crippen LogP contribution in [0.4, 0.5) is 10.1 Å². The lowest BCUT2D eigenvalue weighted by atomic mass is 10.3. The minimum atomic E-state index is -4.17. The van der Waals surface area contributed by atoms with Gasteiger partial charge in [-0.25, -0.2) is 12.8 Å². The first kappa shape index (κ1) is 12.6. The molecule has 0 radical (unpaired) electrons. The molecule has 1 aromatic rings. The summed E-state index contributed by atoms with van der Waals surface area (Å²) < 4.78 is 34.5. The van der Waals surface area contributed by atoms with Crippen molar-refractivity contribution in [2.75, 3.05) is 0 Å². The number of nitro groups is 1. The Bertz CT molecular complexity index is 532. The number of benzene rings is 1. The Morgan fingerprint density at radius 3 is 2.40 bits per heavy atom. The van der Waals surface area contributed by atoms with Gasteiger partial charge in [0.1, 0.15) is 9.39 Å². The third kappa shape index (κ3) is 2.75. The number of nitro benzene ring substituents is 1. The Labute approximate surface area is 102 Å². The summed E-state index contributed by atoms with van der Waals surface area (Å²) in [4.78, 5) is 8.94. The number of nitrogens with zero attached hydrogens (tertiary/aromatic N) is 1. The normalized spacial score (nSPS) is 11.4. The third-order valence-corrected chi connectivity index (χ3v) is 3.86. The lowest BCUT2D eigenvalue weighted by Gasteiger charge is -2.00. The first-order valence-corrected chi connectivity index (χ1v) is 6.70. The zero-order valence-corrected chi connectivity index (χ0v) is 10.5. The van der Waals surface area contributed by atoms with E-state index < -0.39 is 30.4 Å². The fourth-order valence-corrected chi connectivity index (χ4v) is 2.10. The maximum Gasteiger partial charge on any atom is 0.286 e. The van der Waals surface area contributed by atoms with Gasteiger partial charge in [-0.2, -0.15) is 0 Å². The largest absolute Gasteiger partial charge is 0.286 e. The van der Waals surface area contributed by atoms with E-state index in [1.807, 2.05) is 0 Å².